The summed E-state index contributed by atoms with van der Waals surface area (Å²) in [5, 5.41) is 16.6. The molecule has 0 fully saturated rings. The Morgan fingerprint density at radius 1 is 1.15 bits per heavy atom. The van der Waals surface area contributed by atoms with Crippen molar-refractivity contribution in [2.24, 2.45) is 0 Å². The summed E-state index contributed by atoms with van der Waals surface area (Å²) in [5.41, 5.74) is 1.12. The average molecular weight is 386 g/mol. The number of nitro benzene ring substituents is 1. The number of rotatable bonds is 7. The van der Waals surface area contributed by atoms with Gasteiger partial charge in [-0.15, -0.1) is 0 Å². The summed E-state index contributed by atoms with van der Waals surface area (Å²) in [6.45, 7) is -0.00637. The van der Waals surface area contributed by atoms with Gasteiger partial charge >= 0.3 is 0 Å². The van der Waals surface area contributed by atoms with Crippen molar-refractivity contribution in [3.8, 4) is 0 Å². The number of hydrogen-bond acceptors (Lipinski definition) is 5. The summed E-state index contributed by atoms with van der Waals surface area (Å²) < 4.78 is 5.48. The molecule has 8 heteroatoms. The Hall–Kier alpha value is -3.16. The van der Waals surface area contributed by atoms with Gasteiger partial charge in [-0.3, -0.25) is 20.2 Å². The molecule has 0 spiro atoms. The lowest BCUT2D eigenvalue weighted by Crippen LogP contribution is -2.31. The summed E-state index contributed by atoms with van der Waals surface area (Å²) in [4.78, 5) is 22.5. The molecule has 138 valence electrons. The van der Waals surface area contributed by atoms with E-state index < -0.39 is 4.92 Å². The topological polar surface area (TPSA) is 97.4 Å². The molecule has 2 N–H and O–H groups in total. The molecule has 27 heavy (non-hydrogen) atoms. The van der Waals surface area contributed by atoms with Crippen LogP contribution in [0.2, 0.25) is 5.02 Å². The maximum Gasteiger partial charge on any atom is 0.271 e. The number of hydrogen-bond donors (Lipinski definition) is 2. The molecule has 0 radical (unpaired) electrons. The van der Waals surface area contributed by atoms with E-state index in [1.54, 1.807) is 12.3 Å². The molecule has 0 unspecified atom stereocenters. The highest BCUT2D eigenvalue weighted by atomic mass is 35.5. The zero-order valence-electron chi connectivity index (χ0n) is 14.1. The largest absolute Gasteiger partial charge is 0.467 e. The van der Waals surface area contributed by atoms with Crippen molar-refractivity contribution in [3.63, 3.8) is 0 Å². The van der Waals surface area contributed by atoms with Crippen LogP contribution in [0.3, 0.4) is 0 Å². The minimum absolute atomic E-state index is 0.00637. The first-order chi connectivity index (χ1) is 13.0. The van der Waals surface area contributed by atoms with Crippen LogP contribution < -0.4 is 10.6 Å². The molecule has 1 aromatic heterocycles. The van der Waals surface area contributed by atoms with Crippen molar-refractivity contribution in [2.45, 2.75) is 6.04 Å². The first kappa shape index (κ1) is 18.6. The summed E-state index contributed by atoms with van der Waals surface area (Å²) >= 11 is 6.00. The second-order valence-corrected chi connectivity index (χ2v) is 6.12. The smallest absolute Gasteiger partial charge is 0.271 e. The lowest BCUT2D eigenvalue weighted by atomic mass is 10.0. The predicted molar refractivity (Wildman–Crippen MR) is 102 cm³/mol. The normalized spacial score (nSPS) is 11.7. The van der Waals surface area contributed by atoms with Gasteiger partial charge in [0.25, 0.3) is 5.69 Å². The van der Waals surface area contributed by atoms with Crippen LogP contribution in [0.15, 0.2) is 71.3 Å². The first-order valence-corrected chi connectivity index (χ1v) is 8.48. The van der Waals surface area contributed by atoms with Crippen LogP contribution in [0, 0.1) is 10.1 Å². The van der Waals surface area contributed by atoms with Gasteiger partial charge in [-0.1, -0.05) is 41.9 Å². The van der Waals surface area contributed by atoms with E-state index in [9.17, 15) is 14.9 Å². The van der Waals surface area contributed by atoms with Crippen LogP contribution in [0.1, 0.15) is 17.4 Å². The van der Waals surface area contributed by atoms with Gasteiger partial charge < -0.3 is 9.73 Å². The monoisotopic (exact) mass is 385 g/mol. The molecule has 0 saturated heterocycles. The molecular formula is C19H16ClN3O4. The third kappa shape index (κ3) is 4.72. The number of anilines is 1. The first-order valence-electron chi connectivity index (χ1n) is 8.10. The van der Waals surface area contributed by atoms with Crippen molar-refractivity contribution in [2.75, 3.05) is 11.9 Å². The van der Waals surface area contributed by atoms with Gasteiger partial charge in [0.2, 0.25) is 5.91 Å². The van der Waals surface area contributed by atoms with Crippen molar-refractivity contribution >= 4 is 28.9 Å². The Labute approximate surface area is 160 Å². The van der Waals surface area contributed by atoms with Crippen LogP contribution in [-0.2, 0) is 4.79 Å². The van der Waals surface area contributed by atoms with Crippen molar-refractivity contribution in [3.05, 3.63) is 93.4 Å². The van der Waals surface area contributed by atoms with Crippen molar-refractivity contribution in [1.29, 1.82) is 0 Å². The Balaban J connectivity index is 1.67. The molecule has 1 atom stereocenters. The second-order valence-electron chi connectivity index (χ2n) is 5.71. The fourth-order valence-corrected chi connectivity index (χ4v) is 2.81. The number of furan rings is 1. The van der Waals surface area contributed by atoms with E-state index in [0.717, 1.165) is 5.56 Å². The lowest BCUT2D eigenvalue weighted by Gasteiger charge is -2.17. The van der Waals surface area contributed by atoms with Gasteiger partial charge in [-0.25, -0.2) is 0 Å². The number of carbonyl (C=O) groups excluding carboxylic acids is 1. The van der Waals surface area contributed by atoms with Crippen molar-refractivity contribution in [1.82, 2.24) is 5.32 Å². The lowest BCUT2D eigenvalue weighted by molar-refractivity contribution is -0.384. The minimum atomic E-state index is -0.549. The molecule has 0 bridgehead atoms. The average Bonchev–Trinajstić information content (AvgIpc) is 3.19. The van der Waals surface area contributed by atoms with E-state index in [1.165, 1.54) is 18.2 Å². The molecular weight excluding hydrogens is 370 g/mol. The van der Waals surface area contributed by atoms with Gasteiger partial charge in [0.05, 0.1) is 34.5 Å². The number of non-ortho nitro benzene ring substituents is 1. The predicted octanol–water partition coefficient (Wildman–Crippen LogP) is 4.16. The fraction of sp³-hybridized carbons (Fsp3) is 0.105. The third-order valence-corrected chi connectivity index (χ3v) is 4.18. The Morgan fingerprint density at radius 3 is 2.56 bits per heavy atom. The van der Waals surface area contributed by atoms with E-state index in [0.29, 0.717) is 11.4 Å². The van der Waals surface area contributed by atoms with Gasteiger partial charge in [0.15, 0.2) is 0 Å². The summed E-state index contributed by atoms with van der Waals surface area (Å²) in [6, 6.07) is 16.8. The maximum absolute atomic E-state index is 12.3. The number of nitrogens with one attached hydrogen (secondary N) is 2. The summed E-state index contributed by atoms with van der Waals surface area (Å²) in [5.74, 6) is 0.348. The molecule has 0 saturated carbocycles. The highest BCUT2D eigenvalue weighted by Crippen LogP contribution is 2.27. The van der Waals surface area contributed by atoms with Gasteiger partial charge in [-0.2, -0.15) is 0 Å². The molecule has 1 amide bonds. The minimum Gasteiger partial charge on any atom is -0.467 e. The van der Waals surface area contributed by atoms with Crippen LogP contribution in [-0.4, -0.2) is 17.4 Å². The fourth-order valence-electron chi connectivity index (χ4n) is 2.59. The van der Waals surface area contributed by atoms with Crippen molar-refractivity contribution < 1.29 is 14.1 Å². The third-order valence-electron chi connectivity index (χ3n) is 3.86. The van der Waals surface area contributed by atoms with Crippen LogP contribution >= 0.6 is 11.6 Å². The Bertz CT molecular complexity index is 929. The standard InChI is InChI=1S/C19H16ClN3O4/c20-15-11-14(23(25)26)8-9-16(15)22-18(24)12-21-19(17-7-4-10-27-17)13-5-2-1-3-6-13/h1-11,19,21H,12H2,(H,22,24)/t19-/m0/s1. The second kappa shape index (κ2) is 8.48. The highest BCUT2D eigenvalue weighted by molar-refractivity contribution is 6.34. The van der Waals surface area contributed by atoms with Gasteiger partial charge in [0.1, 0.15) is 5.76 Å². The highest BCUT2D eigenvalue weighted by Gasteiger charge is 2.18. The quantitative estimate of drug-likeness (QED) is 0.470. The number of halogens is 1. The Kier molecular flexibility index (Phi) is 5.85. The number of amides is 1. The number of carbonyl (C=O) groups is 1. The molecule has 3 aromatic rings. The zero-order valence-corrected chi connectivity index (χ0v) is 14.8. The van der Waals surface area contributed by atoms with E-state index in [2.05, 4.69) is 10.6 Å². The van der Waals surface area contributed by atoms with Gasteiger partial charge in [0, 0.05) is 12.1 Å². The molecule has 7 nitrogen and oxygen atoms in total. The number of nitrogens with zero attached hydrogens (tertiary/aromatic N) is 1. The molecule has 0 aliphatic heterocycles. The Morgan fingerprint density at radius 2 is 1.93 bits per heavy atom. The van der Waals surface area contributed by atoms with Crippen LogP contribution in [0.25, 0.3) is 0 Å². The van der Waals surface area contributed by atoms with Crippen LogP contribution in [0.5, 0.6) is 0 Å². The molecule has 0 aliphatic carbocycles. The molecule has 3 rings (SSSR count). The molecule has 2 aromatic carbocycles. The molecule has 1 heterocycles. The van der Waals surface area contributed by atoms with E-state index in [-0.39, 0.29) is 29.2 Å². The van der Waals surface area contributed by atoms with Crippen LogP contribution in [0.4, 0.5) is 11.4 Å². The maximum atomic E-state index is 12.3. The number of nitro groups is 1. The van der Waals surface area contributed by atoms with Gasteiger partial charge in [-0.05, 0) is 23.8 Å². The van der Waals surface area contributed by atoms with E-state index in [1.807, 2.05) is 36.4 Å². The zero-order chi connectivity index (χ0) is 19.2. The van der Waals surface area contributed by atoms with E-state index in [4.69, 9.17) is 16.0 Å². The SMILES string of the molecule is O=C(CN[C@@H](c1ccccc1)c1ccco1)Nc1ccc([N+](=O)[O-])cc1Cl. The summed E-state index contributed by atoms with van der Waals surface area (Å²) in [7, 11) is 0. The number of benzene rings is 2. The van der Waals surface area contributed by atoms with E-state index >= 15 is 0 Å². The summed E-state index contributed by atoms with van der Waals surface area (Å²) in [6.07, 6.45) is 1.57. The molecule has 0 aliphatic rings.